The Balaban J connectivity index is 1.35. The van der Waals surface area contributed by atoms with Crippen molar-refractivity contribution in [3.63, 3.8) is 0 Å². The second kappa shape index (κ2) is 9.37. The first kappa shape index (κ1) is 22.3. The van der Waals surface area contributed by atoms with Gasteiger partial charge in [0, 0.05) is 10.5 Å². The summed E-state index contributed by atoms with van der Waals surface area (Å²) in [5.74, 6) is -0.471. The number of thioether (sulfide) groups is 1. The maximum atomic E-state index is 13.3. The highest BCUT2D eigenvalue weighted by Gasteiger charge is 2.36. The zero-order valence-corrected chi connectivity index (χ0v) is 19.3. The molecule has 2 aliphatic rings. The van der Waals surface area contributed by atoms with E-state index in [0.717, 1.165) is 10.6 Å². The van der Waals surface area contributed by atoms with Crippen LogP contribution in [-0.2, 0) is 9.53 Å². The number of anilines is 1. The number of rotatable bonds is 5. The monoisotopic (exact) mass is 491 g/mol. The van der Waals surface area contributed by atoms with Crippen LogP contribution < -0.4 is 4.90 Å². The van der Waals surface area contributed by atoms with E-state index in [2.05, 4.69) is 6.08 Å². The van der Waals surface area contributed by atoms with Gasteiger partial charge in [-0.2, -0.15) is 0 Å². The van der Waals surface area contributed by atoms with Crippen LogP contribution in [0.2, 0.25) is 5.02 Å². The Hall–Kier alpha value is -3.55. The van der Waals surface area contributed by atoms with Crippen molar-refractivity contribution in [2.24, 2.45) is 0 Å². The second-order valence-electron chi connectivity index (χ2n) is 7.66. The number of nitrogens with zero attached hydrogens (tertiary/aromatic N) is 1. The molecule has 2 heterocycles. The molecule has 1 amide bonds. The van der Waals surface area contributed by atoms with Crippen molar-refractivity contribution < 1.29 is 23.5 Å². The van der Waals surface area contributed by atoms with Crippen molar-refractivity contribution >= 4 is 47.2 Å². The number of ether oxygens (including phenoxy) is 1. The molecule has 2 atom stereocenters. The molecule has 0 spiro atoms. The molecule has 0 bridgehead atoms. The number of allylic oxidation sites excluding steroid dienone is 2. The molecule has 2 aromatic carbocycles. The first-order valence-electron chi connectivity index (χ1n) is 10.5. The van der Waals surface area contributed by atoms with Gasteiger partial charge in [-0.25, -0.2) is 4.79 Å². The number of aldehydes is 1. The Kier molecular flexibility index (Phi) is 6.13. The van der Waals surface area contributed by atoms with E-state index in [1.807, 2.05) is 42.5 Å². The van der Waals surface area contributed by atoms with Gasteiger partial charge in [0.25, 0.3) is 5.91 Å². The standard InChI is InChI=1S/C26H18ClNO5S/c27-19-11-9-16(22-12-10-17(14-29)33-22)13-18(19)26(31)32-15-25(30)28-20-5-1-3-7-23(20)34-24-8-4-2-6-21(24)28/h1-14,20,23H,15H2/t20-,23-/m1/s1. The van der Waals surface area contributed by atoms with E-state index in [-0.39, 0.29) is 33.5 Å². The van der Waals surface area contributed by atoms with Crippen molar-refractivity contribution in [1.29, 1.82) is 0 Å². The highest BCUT2D eigenvalue weighted by Crippen LogP contribution is 2.43. The first-order valence-corrected chi connectivity index (χ1v) is 11.8. The molecule has 34 heavy (non-hydrogen) atoms. The summed E-state index contributed by atoms with van der Waals surface area (Å²) in [5, 5.41) is 0.263. The van der Waals surface area contributed by atoms with Gasteiger partial charge < -0.3 is 9.15 Å². The molecule has 0 unspecified atom stereocenters. The van der Waals surface area contributed by atoms with E-state index < -0.39 is 12.6 Å². The van der Waals surface area contributed by atoms with E-state index in [9.17, 15) is 14.4 Å². The maximum Gasteiger partial charge on any atom is 0.340 e. The second-order valence-corrected chi connectivity index (χ2v) is 9.29. The van der Waals surface area contributed by atoms with Crippen LogP contribution in [0.1, 0.15) is 20.9 Å². The third-order valence-corrected chi connectivity index (χ3v) is 7.19. The molecule has 0 fully saturated rings. The molecule has 1 aliphatic carbocycles. The maximum absolute atomic E-state index is 13.3. The molecule has 0 saturated carbocycles. The summed E-state index contributed by atoms with van der Waals surface area (Å²) in [6.07, 6.45) is 8.52. The zero-order valence-electron chi connectivity index (χ0n) is 17.7. The number of para-hydroxylation sites is 1. The quantitative estimate of drug-likeness (QED) is 0.343. The minimum Gasteiger partial charge on any atom is -0.453 e. The Morgan fingerprint density at radius 2 is 1.91 bits per heavy atom. The van der Waals surface area contributed by atoms with Crippen LogP contribution >= 0.6 is 23.4 Å². The van der Waals surface area contributed by atoms with E-state index in [1.54, 1.807) is 34.9 Å². The van der Waals surface area contributed by atoms with Crippen LogP contribution in [0.15, 0.2) is 88.2 Å². The molecule has 5 rings (SSSR count). The van der Waals surface area contributed by atoms with Gasteiger partial charge in [-0.3, -0.25) is 14.5 Å². The molecule has 1 aromatic heterocycles. The lowest BCUT2D eigenvalue weighted by Gasteiger charge is -2.40. The average Bonchev–Trinajstić information content (AvgIpc) is 3.35. The number of hydrogen-bond donors (Lipinski definition) is 0. The number of fused-ring (bicyclic) bond motifs is 2. The summed E-state index contributed by atoms with van der Waals surface area (Å²) >= 11 is 7.93. The van der Waals surface area contributed by atoms with Crippen LogP contribution in [-0.4, -0.2) is 36.1 Å². The molecular formula is C26H18ClNO5S. The SMILES string of the molecule is O=Cc1ccc(-c2ccc(Cl)c(C(=O)OCC(=O)N3c4ccccc4S[C@@H]4C=CC=C[C@H]43)c2)o1. The van der Waals surface area contributed by atoms with Crippen molar-refractivity contribution in [3.8, 4) is 11.3 Å². The highest BCUT2D eigenvalue weighted by atomic mass is 35.5. The van der Waals surface area contributed by atoms with Crippen LogP contribution in [0, 0.1) is 0 Å². The van der Waals surface area contributed by atoms with E-state index in [4.69, 9.17) is 20.8 Å². The molecule has 170 valence electrons. The molecule has 0 saturated heterocycles. The Morgan fingerprint density at radius 3 is 2.74 bits per heavy atom. The molecule has 6 nitrogen and oxygen atoms in total. The highest BCUT2D eigenvalue weighted by molar-refractivity contribution is 8.00. The van der Waals surface area contributed by atoms with Crippen molar-refractivity contribution in [3.05, 3.63) is 95.2 Å². The minimum atomic E-state index is -0.724. The molecule has 3 aromatic rings. The lowest BCUT2D eigenvalue weighted by molar-refractivity contribution is -0.122. The topological polar surface area (TPSA) is 76.8 Å². The summed E-state index contributed by atoms with van der Waals surface area (Å²) in [4.78, 5) is 39.7. The summed E-state index contributed by atoms with van der Waals surface area (Å²) in [5.41, 5.74) is 1.45. The number of esters is 1. The largest absolute Gasteiger partial charge is 0.453 e. The number of carbonyl (C=O) groups is 3. The summed E-state index contributed by atoms with van der Waals surface area (Å²) in [7, 11) is 0. The Labute approximate surface area is 204 Å². The van der Waals surface area contributed by atoms with Gasteiger partial charge in [0.05, 0.1) is 27.6 Å². The van der Waals surface area contributed by atoms with Gasteiger partial charge in [0.2, 0.25) is 0 Å². The molecular weight excluding hydrogens is 474 g/mol. The number of amides is 1. The zero-order chi connectivity index (χ0) is 23.7. The summed E-state index contributed by atoms with van der Waals surface area (Å²) in [6.45, 7) is -0.435. The fourth-order valence-corrected chi connectivity index (χ4v) is 5.41. The molecule has 0 radical (unpaired) electrons. The summed E-state index contributed by atoms with van der Waals surface area (Å²) in [6, 6.07) is 15.4. The Bertz CT molecular complexity index is 1340. The number of benzene rings is 2. The molecule has 8 heteroatoms. The van der Waals surface area contributed by atoms with Crippen molar-refractivity contribution in [2.75, 3.05) is 11.5 Å². The van der Waals surface area contributed by atoms with Gasteiger partial charge in [-0.1, -0.05) is 48.0 Å². The van der Waals surface area contributed by atoms with E-state index in [0.29, 0.717) is 17.6 Å². The fraction of sp³-hybridized carbons (Fsp3) is 0.115. The number of hydrogen-bond acceptors (Lipinski definition) is 6. The average molecular weight is 492 g/mol. The lowest BCUT2D eigenvalue weighted by Crippen LogP contribution is -2.49. The third-order valence-electron chi connectivity index (χ3n) is 5.55. The van der Waals surface area contributed by atoms with Crippen molar-refractivity contribution in [1.82, 2.24) is 0 Å². The fourth-order valence-electron chi connectivity index (χ4n) is 3.96. The van der Waals surface area contributed by atoms with Crippen LogP contribution in [0.3, 0.4) is 0 Å². The van der Waals surface area contributed by atoms with Gasteiger partial charge in [0.15, 0.2) is 18.7 Å². The van der Waals surface area contributed by atoms with Crippen molar-refractivity contribution in [2.45, 2.75) is 16.2 Å². The Morgan fingerprint density at radius 1 is 1.09 bits per heavy atom. The minimum absolute atomic E-state index is 0.0789. The van der Waals surface area contributed by atoms with Crippen LogP contribution in [0.25, 0.3) is 11.3 Å². The van der Waals surface area contributed by atoms with Crippen LogP contribution in [0.5, 0.6) is 0 Å². The van der Waals surface area contributed by atoms with Gasteiger partial charge in [-0.05, 0) is 42.5 Å². The van der Waals surface area contributed by atoms with Gasteiger partial charge in [-0.15, -0.1) is 11.8 Å². The van der Waals surface area contributed by atoms with E-state index in [1.165, 1.54) is 12.1 Å². The lowest BCUT2D eigenvalue weighted by atomic mass is 10.0. The summed E-state index contributed by atoms with van der Waals surface area (Å²) < 4.78 is 10.8. The van der Waals surface area contributed by atoms with Gasteiger partial charge in [0.1, 0.15) is 5.76 Å². The smallest absolute Gasteiger partial charge is 0.340 e. The van der Waals surface area contributed by atoms with E-state index >= 15 is 0 Å². The number of halogens is 1. The predicted octanol–water partition coefficient (Wildman–Crippen LogP) is 5.57. The third kappa shape index (κ3) is 4.20. The molecule has 0 N–H and O–H groups in total. The normalized spacial score (nSPS) is 18.2. The predicted molar refractivity (Wildman–Crippen MR) is 130 cm³/mol. The van der Waals surface area contributed by atoms with Crippen LogP contribution in [0.4, 0.5) is 5.69 Å². The molecule has 1 aliphatic heterocycles. The first-order chi connectivity index (χ1) is 16.5. The number of furan rings is 1. The van der Waals surface area contributed by atoms with Gasteiger partial charge >= 0.3 is 5.97 Å². The number of carbonyl (C=O) groups excluding carboxylic acids is 3.